The molecule has 1 amide bonds. The molecule has 0 atom stereocenters. The molecule has 0 bridgehead atoms. The zero-order chi connectivity index (χ0) is 17.6. The van der Waals surface area contributed by atoms with E-state index in [-0.39, 0.29) is 6.61 Å². The van der Waals surface area contributed by atoms with Crippen molar-refractivity contribution in [3.8, 4) is 11.1 Å². The molecule has 0 heterocycles. The third-order valence-electron chi connectivity index (χ3n) is 3.77. The molecule has 0 aliphatic carbocycles. The molecule has 3 rings (SSSR count). The first-order valence-electron chi connectivity index (χ1n) is 7.85. The average Bonchev–Trinajstić information content (AvgIpc) is 2.63. The first-order valence-corrected chi connectivity index (χ1v) is 7.85. The predicted octanol–water partition coefficient (Wildman–Crippen LogP) is 4.27. The van der Waals surface area contributed by atoms with Gasteiger partial charge in [0.15, 0.2) is 0 Å². The van der Waals surface area contributed by atoms with E-state index in [0.29, 0.717) is 17.1 Å². The number of nitrogens with two attached hydrogens (primary N) is 2. The highest BCUT2D eigenvalue weighted by Crippen LogP contribution is 2.30. The van der Waals surface area contributed by atoms with E-state index in [0.717, 1.165) is 16.7 Å². The summed E-state index contributed by atoms with van der Waals surface area (Å²) in [5.74, 6) is 0. The van der Waals surface area contributed by atoms with Gasteiger partial charge in [0.05, 0.1) is 11.4 Å². The summed E-state index contributed by atoms with van der Waals surface area (Å²) in [7, 11) is 0. The summed E-state index contributed by atoms with van der Waals surface area (Å²) >= 11 is 0. The molecule has 5 nitrogen and oxygen atoms in total. The van der Waals surface area contributed by atoms with Gasteiger partial charge in [0.2, 0.25) is 0 Å². The van der Waals surface area contributed by atoms with Crippen molar-refractivity contribution in [2.24, 2.45) is 0 Å². The number of hydrogen-bond acceptors (Lipinski definition) is 4. The molecular formula is C20H19N3O2. The van der Waals surface area contributed by atoms with Crippen LogP contribution < -0.4 is 16.8 Å². The van der Waals surface area contributed by atoms with Crippen LogP contribution in [0, 0.1) is 0 Å². The number of hydrogen-bond donors (Lipinski definition) is 3. The second-order valence-electron chi connectivity index (χ2n) is 5.58. The van der Waals surface area contributed by atoms with Crippen LogP contribution in [0.15, 0.2) is 72.8 Å². The molecule has 0 unspecified atom stereocenters. The molecule has 5 N–H and O–H groups in total. The van der Waals surface area contributed by atoms with Crippen LogP contribution in [0.2, 0.25) is 0 Å². The Bertz CT molecular complexity index is 879. The summed E-state index contributed by atoms with van der Waals surface area (Å²) < 4.78 is 5.23. The standard InChI is InChI=1S/C20H19N3O2/c21-17-9-5-4-8-16(17)15-10-11-18(22)19(12-15)23-20(24)25-13-14-6-2-1-3-7-14/h1-12H,13,21-22H2,(H,23,24). The van der Waals surface area contributed by atoms with E-state index in [9.17, 15) is 4.79 Å². The highest BCUT2D eigenvalue weighted by atomic mass is 16.5. The second-order valence-corrected chi connectivity index (χ2v) is 5.58. The van der Waals surface area contributed by atoms with Gasteiger partial charge in [-0.05, 0) is 29.3 Å². The van der Waals surface area contributed by atoms with Gasteiger partial charge in [0.25, 0.3) is 0 Å². The Morgan fingerprint density at radius 2 is 1.60 bits per heavy atom. The maximum absolute atomic E-state index is 12.0. The Hall–Kier alpha value is -3.47. The molecule has 25 heavy (non-hydrogen) atoms. The van der Waals surface area contributed by atoms with Crippen LogP contribution in [0.3, 0.4) is 0 Å². The minimum absolute atomic E-state index is 0.192. The number of nitrogen functional groups attached to an aromatic ring is 2. The van der Waals surface area contributed by atoms with Crippen molar-refractivity contribution in [3.05, 3.63) is 78.4 Å². The Balaban J connectivity index is 1.73. The molecule has 0 aliphatic heterocycles. The first kappa shape index (κ1) is 16.4. The molecule has 0 fully saturated rings. The van der Waals surface area contributed by atoms with Gasteiger partial charge in [-0.2, -0.15) is 0 Å². The van der Waals surface area contributed by atoms with E-state index in [2.05, 4.69) is 5.32 Å². The van der Waals surface area contributed by atoms with Gasteiger partial charge in [-0.1, -0.05) is 54.6 Å². The first-order chi connectivity index (χ1) is 12.1. The monoisotopic (exact) mass is 333 g/mol. The SMILES string of the molecule is Nc1ccc(-c2ccccc2N)cc1NC(=O)OCc1ccccc1. The van der Waals surface area contributed by atoms with Crippen LogP contribution in [0.1, 0.15) is 5.56 Å². The minimum Gasteiger partial charge on any atom is -0.444 e. The zero-order valence-corrected chi connectivity index (χ0v) is 13.6. The van der Waals surface area contributed by atoms with E-state index in [4.69, 9.17) is 16.2 Å². The van der Waals surface area contributed by atoms with E-state index in [1.165, 1.54) is 0 Å². The van der Waals surface area contributed by atoms with Gasteiger partial charge in [-0.15, -0.1) is 0 Å². The fourth-order valence-corrected chi connectivity index (χ4v) is 2.46. The average molecular weight is 333 g/mol. The number of rotatable bonds is 4. The van der Waals surface area contributed by atoms with Crippen LogP contribution in [-0.2, 0) is 11.3 Å². The zero-order valence-electron chi connectivity index (χ0n) is 13.6. The van der Waals surface area contributed by atoms with Gasteiger partial charge in [-0.3, -0.25) is 5.32 Å². The van der Waals surface area contributed by atoms with Crippen molar-refractivity contribution in [1.29, 1.82) is 0 Å². The highest BCUT2D eigenvalue weighted by Gasteiger charge is 2.09. The molecule has 3 aromatic rings. The third kappa shape index (κ3) is 4.09. The van der Waals surface area contributed by atoms with Gasteiger partial charge in [0, 0.05) is 11.3 Å². The summed E-state index contributed by atoms with van der Waals surface area (Å²) in [6.07, 6.45) is -0.561. The Kier molecular flexibility index (Phi) is 4.85. The van der Waals surface area contributed by atoms with Crippen LogP contribution in [0.4, 0.5) is 21.9 Å². The van der Waals surface area contributed by atoms with Crippen molar-refractivity contribution in [2.45, 2.75) is 6.61 Å². The Morgan fingerprint density at radius 1 is 0.880 bits per heavy atom. The lowest BCUT2D eigenvalue weighted by atomic mass is 10.0. The quantitative estimate of drug-likeness (QED) is 0.622. The molecular weight excluding hydrogens is 314 g/mol. The molecule has 0 aliphatic rings. The van der Waals surface area contributed by atoms with E-state index in [1.54, 1.807) is 12.1 Å². The normalized spacial score (nSPS) is 10.2. The van der Waals surface area contributed by atoms with E-state index < -0.39 is 6.09 Å². The summed E-state index contributed by atoms with van der Waals surface area (Å²) in [5.41, 5.74) is 16.2. The summed E-state index contributed by atoms with van der Waals surface area (Å²) in [6.45, 7) is 0.192. The smallest absolute Gasteiger partial charge is 0.412 e. The lowest BCUT2D eigenvalue weighted by Crippen LogP contribution is -2.14. The number of para-hydroxylation sites is 1. The molecule has 0 saturated heterocycles. The minimum atomic E-state index is -0.561. The number of amides is 1. The molecule has 0 aromatic heterocycles. The van der Waals surface area contributed by atoms with Crippen LogP contribution in [-0.4, -0.2) is 6.09 Å². The maximum Gasteiger partial charge on any atom is 0.412 e. The fraction of sp³-hybridized carbons (Fsp3) is 0.0500. The number of nitrogens with one attached hydrogen (secondary N) is 1. The van der Waals surface area contributed by atoms with Crippen molar-refractivity contribution >= 4 is 23.2 Å². The van der Waals surface area contributed by atoms with Gasteiger partial charge in [-0.25, -0.2) is 4.79 Å². The summed E-state index contributed by atoms with van der Waals surface area (Å²) in [6, 6.07) is 22.4. The molecule has 126 valence electrons. The van der Waals surface area contributed by atoms with Crippen LogP contribution in [0.5, 0.6) is 0 Å². The summed E-state index contributed by atoms with van der Waals surface area (Å²) in [4.78, 5) is 12.0. The van der Waals surface area contributed by atoms with Crippen molar-refractivity contribution in [3.63, 3.8) is 0 Å². The van der Waals surface area contributed by atoms with Crippen LogP contribution in [0.25, 0.3) is 11.1 Å². The topological polar surface area (TPSA) is 90.4 Å². The number of benzene rings is 3. The molecule has 0 saturated carbocycles. The number of carbonyl (C=O) groups excluding carboxylic acids is 1. The van der Waals surface area contributed by atoms with Crippen molar-refractivity contribution in [2.75, 3.05) is 16.8 Å². The van der Waals surface area contributed by atoms with Crippen LogP contribution >= 0.6 is 0 Å². The second kappa shape index (κ2) is 7.40. The van der Waals surface area contributed by atoms with Crippen molar-refractivity contribution in [1.82, 2.24) is 0 Å². The number of ether oxygens (including phenoxy) is 1. The molecule has 3 aromatic carbocycles. The Labute approximate surface area is 146 Å². The van der Waals surface area contributed by atoms with Gasteiger partial charge in [0.1, 0.15) is 6.61 Å². The fourth-order valence-electron chi connectivity index (χ4n) is 2.46. The molecule has 0 radical (unpaired) electrons. The Morgan fingerprint density at radius 3 is 2.36 bits per heavy atom. The van der Waals surface area contributed by atoms with Crippen molar-refractivity contribution < 1.29 is 9.53 Å². The molecule has 5 heteroatoms. The largest absolute Gasteiger partial charge is 0.444 e. The van der Waals surface area contributed by atoms with E-state index >= 15 is 0 Å². The summed E-state index contributed by atoms with van der Waals surface area (Å²) in [5, 5.41) is 2.68. The number of carbonyl (C=O) groups is 1. The lowest BCUT2D eigenvalue weighted by molar-refractivity contribution is 0.155. The third-order valence-corrected chi connectivity index (χ3v) is 3.77. The maximum atomic E-state index is 12.0. The van der Waals surface area contributed by atoms with Gasteiger partial charge >= 0.3 is 6.09 Å². The number of anilines is 3. The molecule has 0 spiro atoms. The van der Waals surface area contributed by atoms with Gasteiger partial charge < -0.3 is 16.2 Å². The predicted molar refractivity (Wildman–Crippen MR) is 101 cm³/mol. The van der Waals surface area contributed by atoms with E-state index in [1.807, 2.05) is 60.7 Å². The lowest BCUT2D eigenvalue weighted by Gasteiger charge is -2.12. The highest BCUT2D eigenvalue weighted by molar-refractivity contribution is 5.91.